The Kier molecular flexibility index (Phi) is 6.46. The van der Waals surface area contributed by atoms with E-state index in [1.54, 1.807) is 36.8 Å². The highest BCUT2D eigenvalue weighted by molar-refractivity contribution is 5.99. The van der Waals surface area contributed by atoms with Crippen LogP contribution >= 0.6 is 0 Å². The fourth-order valence-corrected chi connectivity index (χ4v) is 3.04. The number of amides is 2. The van der Waals surface area contributed by atoms with E-state index in [0.29, 0.717) is 22.7 Å². The van der Waals surface area contributed by atoms with Crippen LogP contribution < -0.4 is 15.4 Å². The fourth-order valence-electron chi connectivity index (χ4n) is 3.04. The molecule has 2 amide bonds. The Hall–Kier alpha value is -4.72. The second kappa shape index (κ2) is 9.64. The molecule has 11 heteroatoms. The molecule has 0 spiro atoms. The number of rotatable bonds is 6. The normalized spacial score (nSPS) is 11.1. The number of nitrogens with one attached hydrogen (secondary N) is 2. The van der Waals surface area contributed by atoms with E-state index in [9.17, 15) is 9.18 Å². The molecule has 0 saturated carbocycles. The van der Waals surface area contributed by atoms with E-state index in [0.717, 1.165) is 6.07 Å². The van der Waals surface area contributed by atoms with E-state index in [1.165, 1.54) is 16.8 Å². The predicted octanol–water partition coefficient (Wildman–Crippen LogP) is 5.33. The topological polar surface area (TPSA) is 131 Å². The maximum absolute atomic E-state index is 14.6. The first-order chi connectivity index (χ1) is 16.7. The summed E-state index contributed by atoms with van der Waals surface area (Å²) in [6, 6.07) is 10.3. The van der Waals surface area contributed by atoms with Gasteiger partial charge in [-0.3, -0.25) is 15.0 Å². The number of hydrogen-bond donors (Lipinski definition) is 2. The van der Waals surface area contributed by atoms with Gasteiger partial charge in [0.25, 0.3) is 0 Å². The molecule has 178 valence electrons. The summed E-state index contributed by atoms with van der Waals surface area (Å²) >= 11 is 0. The quantitative estimate of drug-likeness (QED) is 0.385. The fraction of sp³-hybridized carbons (Fsp3) is 0.208. The van der Waals surface area contributed by atoms with Crippen LogP contribution in [0.15, 0.2) is 59.5 Å². The van der Waals surface area contributed by atoms with E-state index in [1.807, 2.05) is 26.8 Å². The number of halogens is 1. The molecule has 0 unspecified atom stereocenters. The van der Waals surface area contributed by atoms with Crippen molar-refractivity contribution in [2.24, 2.45) is 0 Å². The number of urea groups is 1. The molecule has 10 nitrogen and oxygen atoms in total. The van der Waals surface area contributed by atoms with Crippen LogP contribution in [-0.4, -0.2) is 26.0 Å². The van der Waals surface area contributed by atoms with Gasteiger partial charge in [-0.05, 0) is 18.2 Å². The van der Waals surface area contributed by atoms with E-state index < -0.39 is 11.8 Å². The largest absolute Gasteiger partial charge is 0.457 e. The first-order valence-corrected chi connectivity index (χ1v) is 10.6. The maximum atomic E-state index is 14.6. The maximum Gasteiger partial charge on any atom is 0.326 e. The van der Waals surface area contributed by atoms with E-state index in [4.69, 9.17) is 14.5 Å². The van der Waals surface area contributed by atoms with Crippen molar-refractivity contribution in [2.45, 2.75) is 32.7 Å². The lowest BCUT2D eigenvalue weighted by Gasteiger charge is -2.12. The molecule has 4 rings (SSSR count). The van der Waals surface area contributed by atoms with E-state index in [-0.39, 0.29) is 29.3 Å². The molecule has 0 aliphatic heterocycles. The van der Waals surface area contributed by atoms with Gasteiger partial charge in [0.2, 0.25) is 5.88 Å². The van der Waals surface area contributed by atoms with E-state index >= 15 is 0 Å². The Morgan fingerprint density at radius 3 is 2.71 bits per heavy atom. The third kappa shape index (κ3) is 5.80. The molecule has 3 heterocycles. The standard InChI is InChI=1S/C24H22FN7O3/c1-24(2,3)21-12-22(35-31-21)30-23(33)29-19-5-4-16(10-18(19)25)34-17-6-8-27-20(11-17)15-13-28-32(14-15)9-7-26/h4-6,8,10-14H,9H2,1-3H3,(H2,29,30,33). The van der Waals surface area contributed by atoms with E-state index in [2.05, 4.69) is 25.9 Å². The molecule has 0 fully saturated rings. The van der Waals surface area contributed by atoms with Gasteiger partial charge in [-0.15, -0.1) is 0 Å². The summed E-state index contributed by atoms with van der Waals surface area (Å²) < 4.78 is 27.0. The molecule has 0 aliphatic carbocycles. The van der Waals surface area contributed by atoms with Crippen molar-refractivity contribution >= 4 is 17.6 Å². The Bertz CT molecular complexity index is 1400. The van der Waals surface area contributed by atoms with Gasteiger partial charge in [-0.25, -0.2) is 9.18 Å². The monoisotopic (exact) mass is 475 g/mol. The number of pyridine rings is 1. The average molecular weight is 475 g/mol. The average Bonchev–Trinajstić information content (AvgIpc) is 3.46. The Labute approximate surface area is 200 Å². The van der Waals surface area contributed by atoms with Crippen LogP contribution in [0, 0.1) is 17.1 Å². The summed E-state index contributed by atoms with van der Waals surface area (Å²) in [6.07, 6.45) is 4.85. The first kappa shape index (κ1) is 23.4. The van der Waals surface area contributed by atoms with Gasteiger partial charge in [-0.1, -0.05) is 25.9 Å². The minimum atomic E-state index is -0.683. The minimum absolute atomic E-state index is 0.0364. The number of anilines is 2. The lowest BCUT2D eigenvalue weighted by molar-refractivity contribution is 0.261. The van der Waals surface area contributed by atoms with Gasteiger partial charge >= 0.3 is 6.03 Å². The molecule has 3 aromatic heterocycles. The molecule has 0 atom stereocenters. The summed E-state index contributed by atoms with van der Waals surface area (Å²) in [5.74, 6) is 0.133. The Morgan fingerprint density at radius 2 is 2.00 bits per heavy atom. The number of carbonyl (C=O) groups is 1. The van der Waals surface area contributed by atoms with Crippen molar-refractivity contribution in [3.05, 3.63) is 66.5 Å². The first-order valence-electron chi connectivity index (χ1n) is 10.6. The summed E-state index contributed by atoms with van der Waals surface area (Å²) in [4.78, 5) is 16.5. The number of ether oxygens (including phenoxy) is 1. The summed E-state index contributed by atoms with van der Waals surface area (Å²) in [6.45, 7) is 6.02. The zero-order valence-corrected chi connectivity index (χ0v) is 19.2. The van der Waals surface area contributed by atoms with Crippen LogP contribution in [0.4, 0.5) is 20.8 Å². The van der Waals surface area contributed by atoms with Gasteiger partial charge in [0.05, 0.1) is 29.3 Å². The highest BCUT2D eigenvalue weighted by atomic mass is 19.1. The van der Waals surface area contributed by atoms with Gasteiger partial charge in [0.15, 0.2) is 0 Å². The molecular formula is C24H22FN7O3. The number of benzene rings is 1. The highest BCUT2D eigenvalue weighted by Gasteiger charge is 2.20. The van der Waals surface area contributed by atoms with Crippen LogP contribution in [0.25, 0.3) is 11.3 Å². The highest BCUT2D eigenvalue weighted by Crippen LogP contribution is 2.28. The van der Waals surface area contributed by atoms with Crippen LogP contribution in [-0.2, 0) is 12.0 Å². The third-order valence-corrected chi connectivity index (χ3v) is 4.83. The summed E-state index contributed by atoms with van der Waals surface area (Å²) in [7, 11) is 0. The summed E-state index contributed by atoms with van der Waals surface area (Å²) in [5.41, 5.74) is 1.70. The van der Waals surface area contributed by atoms with Crippen LogP contribution in [0.5, 0.6) is 11.5 Å². The number of nitrogens with zero attached hydrogens (tertiary/aromatic N) is 5. The molecular weight excluding hydrogens is 453 g/mol. The zero-order valence-electron chi connectivity index (χ0n) is 19.2. The molecule has 0 saturated heterocycles. The van der Waals surface area contributed by atoms with Gasteiger partial charge < -0.3 is 14.6 Å². The molecule has 0 bridgehead atoms. The van der Waals surface area contributed by atoms with Crippen molar-refractivity contribution in [1.29, 1.82) is 5.26 Å². The van der Waals surface area contributed by atoms with Crippen molar-refractivity contribution in [3.63, 3.8) is 0 Å². The number of nitriles is 1. The molecule has 0 aliphatic rings. The smallest absolute Gasteiger partial charge is 0.326 e. The Balaban J connectivity index is 1.40. The minimum Gasteiger partial charge on any atom is -0.457 e. The van der Waals surface area contributed by atoms with Crippen molar-refractivity contribution < 1.29 is 18.4 Å². The number of carbonyl (C=O) groups excluding carboxylic acids is 1. The molecule has 1 aromatic carbocycles. The van der Waals surface area contributed by atoms with Gasteiger partial charge in [0.1, 0.15) is 23.9 Å². The Morgan fingerprint density at radius 1 is 1.20 bits per heavy atom. The molecule has 0 radical (unpaired) electrons. The molecule has 2 N–H and O–H groups in total. The summed E-state index contributed by atoms with van der Waals surface area (Å²) in [5, 5.41) is 21.7. The number of aromatic nitrogens is 4. The van der Waals surface area contributed by atoms with Crippen LogP contribution in [0.2, 0.25) is 0 Å². The SMILES string of the molecule is CC(C)(C)c1cc(NC(=O)Nc2ccc(Oc3ccnc(-c4cnn(CC#N)c4)c3)cc2F)on1. The van der Waals surface area contributed by atoms with Crippen molar-refractivity contribution in [3.8, 4) is 28.8 Å². The second-order valence-electron chi connectivity index (χ2n) is 8.61. The molecule has 4 aromatic rings. The van der Waals surface area contributed by atoms with Crippen molar-refractivity contribution in [1.82, 2.24) is 19.9 Å². The van der Waals surface area contributed by atoms with Crippen molar-refractivity contribution in [2.75, 3.05) is 10.6 Å². The lowest BCUT2D eigenvalue weighted by atomic mass is 9.92. The van der Waals surface area contributed by atoms with Gasteiger partial charge in [0, 0.05) is 41.6 Å². The molecule has 35 heavy (non-hydrogen) atoms. The lowest BCUT2D eigenvalue weighted by Crippen LogP contribution is -2.19. The predicted molar refractivity (Wildman–Crippen MR) is 125 cm³/mol. The van der Waals surface area contributed by atoms with Crippen LogP contribution in [0.1, 0.15) is 26.5 Å². The number of hydrogen-bond acceptors (Lipinski definition) is 7. The zero-order chi connectivity index (χ0) is 25.0. The van der Waals surface area contributed by atoms with Crippen LogP contribution in [0.3, 0.4) is 0 Å². The third-order valence-electron chi connectivity index (χ3n) is 4.83. The van der Waals surface area contributed by atoms with Gasteiger partial charge in [-0.2, -0.15) is 10.4 Å². The second-order valence-corrected chi connectivity index (χ2v) is 8.61.